The molecule has 0 fully saturated rings. The third-order valence-corrected chi connectivity index (χ3v) is 1.16. The van der Waals surface area contributed by atoms with E-state index in [9.17, 15) is 4.79 Å². The lowest BCUT2D eigenvalue weighted by molar-refractivity contribution is -0.0344. The van der Waals surface area contributed by atoms with Crippen LogP contribution in [0, 0.1) is 0 Å². The zero-order chi connectivity index (χ0) is 8.53. The maximum absolute atomic E-state index is 9.79. The van der Waals surface area contributed by atoms with E-state index in [1.54, 1.807) is 0 Å². The van der Waals surface area contributed by atoms with Gasteiger partial charge in [0.05, 0.1) is 6.61 Å². The highest BCUT2D eigenvalue weighted by Gasteiger charge is 1.93. The summed E-state index contributed by atoms with van der Waals surface area (Å²) in [6.45, 7) is 2.51. The molecule has 0 radical (unpaired) electrons. The Balaban J connectivity index is 2.85. The molecule has 0 aliphatic heterocycles. The Morgan fingerprint density at radius 1 is 1.45 bits per heavy atom. The van der Waals surface area contributed by atoms with Crippen LogP contribution in [0.25, 0.3) is 0 Å². The molecule has 0 unspecified atom stereocenters. The van der Waals surface area contributed by atoms with Crippen LogP contribution in [-0.2, 0) is 9.47 Å². The number of rotatable bonds is 6. The van der Waals surface area contributed by atoms with Gasteiger partial charge in [-0.1, -0.05) is 19.8 Å². The van der Waals surface area contributed by atoms with E-state index in [0.717, 1.165) is 19.3 Å². The van der Waals surface area contributed by atoms with Crippen LogP contribution >= 0.6 is 0 Å². The number of hydrogen-bond acceptors (Lipinski definition) is 3. The van der Waals surface area contributed by atoms with Crippen LogP contribution in [0.4, 0.5) is 4.79 Å². The summed E-state index contributed by atoms with van der Waals surface area (Å²) in [7, 11) is 0. The largest absolute Gasteiger partial charge is 0.507 e. The predicted octanol–water partition coefficient (Wildman–Crippen LogP) is 1.85. The van der Waals surface area contributed by atoms with Crippen LogP contribution in [0.15, 0.2) is 0 Å². The van der Waals surface area contributed by atoms with Gasteiger partial charge in [0.15, 0.2) is 6.79 Å². The summed E-state index contributed by atoms with van der Waals surface area (Å²) >= 11 is 0. The van der Waals surface area contributed by atoms with Gasteiger partial charge in [0.25, 0.3) is 0 Å². The molecule has 0 saturated carbocycles. The Morgan fingerprint density at radius 3 is 2.73 bits per heavy atom. The molecule has 0 amide bonds. The maximum Gasteiger partial charge on any atom is 0.507 e. The topological polar surface area (TPSA) is 55.8 Å². The summed E-state index contributed by atoms with van der Waals surface area (Å²) in [5.74, 6) is 0. The van der Waals surface area contributed by atoms with Gasteiger partial charge in [0, 0.05) is 0 Å². The minimum atomic E-state index is -1.29. The second-order valence-corrected chi connectivity index (χ2v) is 2.14. The predicted molar refractivity (Wildman–Crippen MR) is 39.5 cm³/mol. The number of carbonyl (C=O) groups is 1. The standard InChI is InChI=1S/C7H14O4/c1-2-3-4-5-10-6-11-7(8)9/h2-6H2,1H3,(H,8,9). The Morgan fingerprint density at radius 2 is 2.18 bits per heavy atom. The quantitative estimate of drug-likeness (QED) is 0.368. The van der Waals surface area contributed by atoms with Gasteiger partial charge in [-0.25, -0.2) is 4.79 Å². The first-order valence-corrected chi connectivity index (χ1v) is 3.70. The molecule has 11 heavy (non-hydrogen) atoms. The summed E-state index contributed by atoms with van der Waals surface area (Å²) in [4.78, 5) is 9.79. The first-order valence-electron chi connectivity index (χ1n) is 3.70. The van der Waals surface area contributed by atoms with E-state index in [-0.39, 0.29) is 6.79 Å². The molecule has 0 saturated heterocycles. The van der Waals surface area contributed by atoms with Crippen molar-refractivity contribution in [2.45, 2.75) is 26.2 Å². The molecule has 0 heterocycles. The molecule has 0 aliphatic rings. The molecule has 1 N–H and O–H groups in total. The highest BCUT2D eigenvalue weighted by molar-refractivity contribution is 5.56. The number of hydrogen-bond donors (Lipinski definition) is 1. The van der Waals surface area contributed by atoms with Crippen LogP contribution in [0.3, 0.4) is 0 Å². The van der Waals surface area contributed by atoms with E-state index in [4.69, 9.17) is 9.84 Å². The lowest BCUT2D eigenvalue weighted by atomic mass is 10.3. The maximum atomic E-state index is 9.79. The van der Waals surface area contributed by atoms with Gasteiger partial charge in [-0.05, 0) is 6.42 Å². The van der Waals surface area contributed by atoms with E-state index >= 15 is 0 Å². The second-order valence-electron chi connectivity index (χ2n) is 2.14. The Bertz CT molecular complexity index is 103. The fraction of sp³-hybridized carbons (Fsp3) is 0.857. The van der Waals surface area contributed by atoms with Crippen molar-refractivity contribution < 1.29 is 19.4 Å². The fourth-order valence-corrected chi connectivity index (χ4v) is 0.605. The Kier molecular flexibility index (Phi) is 6.82. The van der Waals surface area contributed by atoms with E-state index in [0.29, 0.717) is 6.61 Å². The molecule has 0 aromatic rings. The molecule has 4 heteroatoms. The van der Waals surface area contributed by atoms with Crippen molar-refractivity contribution in [1.29, 1.82) is 0 Å². The molecule has 0 rings (SSSR count). The van der Waals surface area contributed by atoms with Gasteiger partial charge in [-0.2, -0.15) is 0 Å². The van der Waals surface area contributed by atoms with Crippen LogP contribution in [0.1, 0.15) is 26.2 Å². The molecule has 0 aromatic heterocycles. The van der Waals surface area contributed by atoms with E-state index in [2.05, 4.69) is 11.7 Å². The fourth-order valence-electron chi connectivity index (χ4n) is 0.605. The van der Waals surface area contributed by atoms with Crippen molar-refractivity contribution >= 4 is 6.16 Å². The van der Waals surface area contributed by atoms with Crippen molar-refractivity contribution in [3.05, 3.63) is 0 Å². The average molecular weight is 162 g/mol. The second kappa shape index (κ2) is 7.34. The summed E-state index contributed by atoms with van der Waals surface area (Å²) in [6, 6.07) is 0. The molecule has 66 valence electrons. The highest BCUT2D eigenvalue weighted by Crippen LogP contribution is 1.93. The Labute approximate surface area is 66.1 Å². The zero-order valence-electron chi connectivity index (χ0n) is 6.71. The summed E-state index contributed by atoms with van der Waals surface area (Å²) in [5, 5.41) is 8.01. The van der Waals surface area contributed by atoms with E-state index in [1.165, 1.54) is 0 Å². The number of ether oxygens (including phenoxy) is 2. The van der Waals surface area contributed by atoms with E-state index < -0.39 is 6.16 Å². The summed E-state index contributed by atoms with van der Waals surface area (Å²) in [5.41, 5.74) is 0. The van der Waals surface area contributed by atoms with Gasteiger partial charge in [0.2, 0.25) is 0 Å². The minimum Gasteiger partial charge on any atom is -0.450 e. The van der Waals surface area contributed by atoms with E-state index in [1.807, 2.05) is 0 Å². The minimum absolute atomic E-state index is 0.154. The first-order chi connectivity index (χ1) is 5.27. The summed E-state index contributed by atoms with van der Waals surface area (Å²) in [6.07, 6.45) is 1.90. The van der Waals surface area contributed by atoms with Crippen molar-refractivity contribution in [2.24, 2.45) is 0 Å². The lowest BCUT2D eigenvalue weighted by Crippen LogP contribution is -2.06. The number of unbranched alkanes of at least 4 members (excludes halogenated alkanes) is 2. The molecule has 0 atom stereocenters. The van der Waals surface area contributed by atoms with Crippen molar-refractivity contribution in [1.82, 2.24) is 0 Å². The smallest absolute Gasteiger partial charge is 0.450 e. The van der Waals surface area contributed by atoms with Gasteiger partial charge in [0.1, 0.15) is 0 Å². The van der Waals surface area contributed by atoms with Gasteiger partial charge >= 0.3 is 6.16 Å². The molecular formula is C7H14O4. The molecule has 0 spiro atoms. The molecule has 0 bridgehead atoms. The highest BCUT2D eigenvalue weighted by atomic mass is 16.7. The number of carboxylic acid groups (broad SMARTS) is 1. The van der Waals surface area contributed by atoms with Crippen LogP contribution in [0.2, 0.25) is 0 Å². The molecular weight excluding hydrogens is 148 g/mol. The van der Waals surface area contributed by atoms with Crippen LogP contribution in [-0.4, -0.2) is 24.7 Å². The normalized spacial score (nSPS) is 9.55. The SMILES string of the molecule is CCCCCOCOC(=O)O. The van der Waals surface area contributed by atoms with Crippen molar-refractivity contribution in [2.75, 3.05) is 13.4 Å². The average Bonchev–Trinajstić information content (AvgIpc) is 1.96. The molecule has 4 nitrogen and oxygen atoms in total. The third kappa shape index (κ3) is 9.23. The van der Waals surface area contributed by atoms with Crippen molar-refractivity contribution in [3.8, 4) is 0 Å². The van der Waals surface area contributed by atoms with Crippen LogP contribution in [0.5, 0.6) is 0 Å². The Hall–Kier alpha value is -0.770. The van der Waals surface area contributed by atoms with Crippen LogP contribution < -0.4 is 0 Å². The monoisotopic (exact) mass is 162 g/mol. The zero-order valence-corrected chi connectivity index (χ0v) is 6.71. The lowest BCUT2D eigenvalue weighted by Gasteiger charge is -2.01. The first kappa shape index (κ1) is 10.2. The third-order valence-electron chi connectivity index (χ3n) is 1.16. The molecule has 0 aromatic carbocycles. The van der Waals surface area contributed by atoms with Crippen molar-refractivity contribution in [3.63, 3.8) is 0 Å². The summed E-state index contributed by atoms with van der Waals surface area (Å²) < 4.78 is 8.96. The van der Waals surface area contributed by atoms with Gasteiger partial charge in [-0.3, -0.25) is 0 Å². The molecule has 0 aliphatic carbocycles. The van der Waals surface area contributed by atoms with Gasteiger partial charge in [-0.15, -0.1) is 0 Å². The van der Waals surface area contributed by atoms with Gasteiger partial charge < -0.3 is 14.6 Å².